The van der Waals surface area contributed by atoms with Crippen molar-refractivity contribution in [2.45, 2.75) is 26.3 Å². The number of nitrogens with one attached hydrogen (secondary N) is 2. The zero-order chi connectivity index (χ0) is 18.6. The van der Waals surface area contributed by atoms with Crippen molar-refractivity contribution in [1.82, 2.24) is 20.4 Å². The second kappa shape index (κ2) is 14.6. The SMILES string of the molecule is CCNC(=NCCN1CCc2sccc2C1)NCCN(C)CCCOC.I. The lowest BCUT2D eigenvalue weighted by molar-refractivity contribution is 0.180. The number of guanidine groups is 1. The van der Waals surface area contributed by atoms with Crippen LogP contribution in [0.1, 0.15) is 23.8 Å². The van der Waals surface area contributed by atoms with E-state index in [1.54, 1.807) is 12.0 Å². The molecule has 2 N–H and O–H groups in total. The number of rotatable bonds is 11. The summed E-state index contributed by atoms with van der Waals surface area (Å²) in [7, 11) is 3.90. The standard InChI is InChI=1S/C19H35N5OS.HI/c1-4-20-19(21-8-12-23(2)10-5-14-25-3)22-9-13-24-11-6-18-17(16-24)7-15-26-18;/h7,15H,4-6,8-14,16H2,1-3H3,(H2,20,21,22);1H. The molecule has 0 spiro atoms. The summed E-state index contributed by atoms with van der Waals surface area (Å²) >= 11 is 1.89. The van der Waals surface area contributed by atoms with Gasteiger partial charge in [-0.3, -0.25) is 9.89 Å². The van der Waals surface area contributed by atoms with E-state index < -0.39 is 0 Å². The molecule has 2 rings (SSSR count). The number of ether oxygens (including phenoxy) is 1. The largest absolute Gasteiger partial charge is 0.385 e. The van der Waals surface area contributed by atoms with E-state index in [-0.39, 0.29) is 24.0 Å². The van der Waals surface area contributed by atoms with Crippen LogP contribution in [0.15, 0.2) is 16.4 Å². The molecule has 1 aromatic heterocycles. The van der Waals surface area contributed by atoms with E-state index in [0.29, 0.717) is 0 Å². The molecule has 0 aliphatic carbocycles. The van der Waals surface area contributed by atoms with Gasteiger partial charge in [-0.25, -0.2) is 0 Å². The minimum absolute atomic E-state index is 0. The van der Waals surface area contributed by atoms with E-state index in [1.165, 1.54) is 12.0 Å². The highest BCUT2D eigenvalue weighted by Crippen LogP contribution is 2.23. The van der Waals surface area contributed by atoms with E-state index in [0.717, 1.165) is 71.3 Å². The van der Waals surface area contributed by atoms with Crippen molar-refractivity contribution in [2.24, 2.45) is 4.99 Å². The fourth-order valence-corrected chi connectivity index (χ4v) is 3.99. The van der Waals surface area contributed by atoms with Gasteiger partial charge < -0.3 is 20.3 Å². The van der Waals surface area contributed by atoms with Crippen molar-refractivity contribution in [3.8, 4) is 0 Å². The Morgan fingerprint density at radius 2 is 2.22 bits per heavy atom. The molecule has 0 amide bonds. The van der Waals surface area contributed by atoms with Crippen LogP contribution >= 0.6 is 35.3 Å². The Morgan fingerprint density at radius 3 is 3.00 bits per heavy atom. The topological polar surface area (TPSA) is 52.1 Å². The van der Waals surface area contributed by atoms with Gasteiger partial charge in [0.25, 0.3) is 0 Å². The summed E-state index contributed by atoms with van der Waals surface area (Å²) in [5.74, 6) is 0.922. The molecule has 0 aromatic carbocycles. The molecule has 6 nitrogen and oxygen atoms in total. The van der Waals surface area contributed by atoms with Gasteiger partial charge in [-0.15, -0.1) is 35.3 Å². The molecule has 0 fully saturated rings. The van der Waals surface area contributed by atoms with Gasteiger partial charge in [0.05, 0.1) is 6.54 Å². The molecular formula is C19H36IN5OS. The normalized spacial score (nSPS) is 14.7. The monoisotopic (exact) mass is 509 g/mol. The third-order valence-electron chi connectivity index (χ3n) is 4.59. The maximum atomic E-state index is 5.10. The summed E-state index contributed by atoms with van der Waals surface area (Å²) in [6, 6.07) is 2.27. The van der Waals surface area contributed by atoms with Gasteiger partial charge in [0, 0.05) is 64.4 Å². The second-order valence-electron chi connectivity index (χ2n) is 6.73. The summed E-state index contributed by atoms with van der Waals surface area (Å²) < 4.78 is 5.10. The van der Waals surface area contributed by atoms with Crippen LogP contribution in [0.5, 0.6) is 0 Å². The molecule has 0 atom stereocenters. The third kappa shape index (κ3) is 9.56. The van der Waals surface area contributed by atoms with E-state index in [1.807, 2.05) is 11.3 Å². The highest BCUT2D eigenvalue weighted by atomic mass is 127. The molecular weight excluding hydrogens is 473 g/mol. The van der Waals surface area contributed by atoms with Crippen molar-refractivity contribution >= 4 is 41.3 Å². The van der Waals surface area contributed by atoms with Crippen LogP contribution in [-0.4, -0.2) is 82.3 Å². The predicted molar refractivity (Wildman–Crippen MR) is 127 cm³/mol. The Bertz CT molecular complexity index is 540. The van der Waals surface area contributed by atoms with Gasteiger partial charge in [0.2, 0.25) is 0 Å². The first-order chi connectivity index (χ1) is 12.7. The summed E-state index contributed by atoms with van der Waals surface area (Å²) in [5, 5.41) is 9.00. The van der Waals surface area contributed by atoms with Gasteiger partial charge in [0.1, 0.15) is 0 Å². The molecule has 1 aromatic rings. The van der Waals surface area contributed by atoms with Crippen molar-refractivity contribution in [1.29, 1.82) is 0 Å². The molecule has 0 unspecified atom stereocenters. The van der Waals surface area contributed by atoms with E-state index in [2.05, 4.69) is 45.9 Å². The fourth-order valence-electron chi connectivity index (χ4n) is 3.10. The van der Waals surface area contributed by atoms with Crippen LogP contribution < -0.4 is 10.6 Å². The first-order valence-corrected chi connectivity index (χ1v) is 10.6. The Labute approximate surface area is 185 Å². The van der Waals surface area contributed by atoms with Crippen LogP contribution in [0.3, 0.4) is 0 Å². The molecule has 0 saturated carbocycles. The Morgan fingerprint density at radius 1 is 1.37 bits per heavy atom. The van der Waals surface area contributed by atoms with Crippen LogP contribution in [0.25, 0.3) is 0 Å². The number of hydrogen-bond acceptors (Lipinski definition) is 5. The predicted octanol–water partition coefficient (Wildman–Crippen LogP) is 2.25. The number of methoxy groups -OCH3 is 1. The summed E-state index contributed by atoms with van der Waals surface area (Å²) in [5.41, 5.74) is 1.51. The van der Waals surface area contributed by atoms with Crippen LogP contribution in [0.2, 0.25) is 0 Å². The van der Waals surface area contributed by atoms with Crippen molar-refractivity contribution in [3.05, 3.63) is 21.9 Å². The zero-order valence-corrected chi connectivity index (χ0v) is 20.1. The average Bonchev–Trinajstić information content (AvgIpc) is 3.10. The van der Waals surface area contributed by atoms with Crippen LogP contribution in [0.4, 0.5) is 0 Å². The van der Waals surface area contributed by atoms with E-state index >= 15 is 0 Å². The quantitative estimate of drug-likeness (QED) is 0.208. The van der Waals surface area contributed by atoms with Gasteiger partial charge in [-0.05, 0) is 43.8 Å². The summed E-state index contributed by atoms with van der Waals surface area (Å²) in [6.45, 7) is 10.9. The summed E-state index contributed by atoms with van der Waals surface area (Å²) in [6.07, 6.45) is 2.26. The smallest absolute Gasteiger partial charge is 0.191 e. The number of likely N-dealkylation sites (N-methyl/N-ethyl adjacent to an activating group) is 1. The number of halogens is 1. The molecule has 0 saturated heterocycles. The van der Waals surface area contributed by atoms with Gasteiger partial charge in [-0.1, -0.05) is 0 Å². The van der Waals surface area contributed by atoms with Gasteiger partial charge in [0.15, 0.2) is 5.96 Å². The highest BCUT2D eigenvalue weighted by Gasteiger charge is 2.16. The molecule has 1 aliphatic heterocycles. The Kier molecular flexibility index (Phi) is 13.3. The maximum Gasteiger partial charge on any atom is 0.191 e. The zero-order valence-electron chi connectivity index (χ0n) is 17.0. The first kappa shape index (κ1) is 24.6. The van der Waals surface area contributed by atoms with Crippen LogP contribution in [0, 0.1) is 0 Å². The Hall–Kier alpha value is -0.420. The van der Waals surface area contributed by atoms with Crippen molar-refractivity contribution < 1.29 is 4.74 Å². The molecule has 8 heteroatoms. The van der Waals surface area contributed by atoms with Crippen molar-refractivity contribution in [2.75, 3.05) is 66.6 Å². The average molecular weight is 510 g/mol. The number of nitrogens with zero attached hydrogens (tertiary/aromatic N) is 3. The number of thiophene rings is 1. The van der Waals surface area contributed by atoms with Crippen LogP contribution in [-0.2, 0) is 17.7 Å². The fraction of sp³-hybridized carbons (Fsp3) is 0.737. The molecule has 156 valence electrons. The third-order valence-corrected chi connectivity index (χ3v) is 5.61. The molecule has 0 radical (unpaired) electrons. The van der Waals surface area contributed by atoms with Gasteiger partial charge >= 0.3 is 0 Å². The molecule has 27 heavy (non-hydrogen) atoms. The lowest BCUT2D eigenvalue weighted by atomic mass is 10.1. The Balaban J connectivity index is 0.00000364. The summed E-state index contributed by atoms with van der Waals surface area (Å²) in [4.78, 5) is 11.1. The minimum Gasteiger partial charge on any atom is -0.385 e. The van der Waals surface area contributed by atoms with Crippen molar-refractivity contribution in [3.63, 3.8) is 0 Å². The first-order valence-electron chi connectivity index (χ1n) is 9.70. The molecule has 1 aliphatic rings. The highest BCUT2D eigenvalue weighted by molar-refractivity contribution is 14.0. The minimum atomic E-state index is 0. The number of hydrogen-bond donors (Lipinski definition) is 2. The molecule has 2 heterocycles. The second-order valence-corrected chi connectivity index (χ2v) is 7.73. The number of aliphatic imine (C=N–C) groups is 1. The van der Waals surface area contributed by atoms with E-state index in [4.69, 9.17) is 9.73 Å². The maximum absolute atomic E-state index is 5.10. The molecule has 0 bridgehead atoms. The lowest BCUT2D eigenvalue weighted by Gasteiger charge is -2.26. The van der Waals surface area contributed by atoms with Gasteiger partial charge in [-0.2, -0.15) is 0 Å². The number of fused-ring (bicyclic) bond motifs is 1. The van der Waals surface area contributed by atoms with E-state index in [9.17, 15) is 0 Å². The lowest BCUT2D eigenvalue weighted by Crippen LogP contribution is -2.41.